The lowest BCUT2D eigenvalue weighted by atomic mass is 10.3. The number of nitrogens with zero attached hydrogens (tertiary/aromatic N) is 1. The lowest BCUT2D eigenvalue weighted by Crippen LogP contribution is -1.62. The van der Waals surface area contributed by atoms with Crippen LogP contribution in [0.1, 0.15) is 0 Å². The zero-order valence-electron chi connectivity index (χ0n) is 4.59. The molecule has 1 heterocycles. The second-order valence-corrected chi connectivity index (χ2v) is 2.51. The molecule has 1 aromatic heterocycles. The van der Waals surface area contributed by atoms with Crippen molar-refractivity contribution in [3.63, 3.8) is 0 Å². The summed E-state index contributed by atoms with van der Waals surface area (Å²) in [6.45, 7) is 0. The number of hydrogen-bond donors (Lipinski definition) is 0. The van der Waals surface area contributed by atoms with Gasteiger partial charge in [-0.3, -0.25) is 0 Å². The van der Waals surface area contributed by atoms with Gasteiger partial charge in [0.25, 0.3) is 0 Å². The van der Waals surface area contributed by atoms with Gasteiger partial charge in [-0.25, -0.2) is 4.98 Å². The number of fused-ring (bicyclic) bond motifs is 1. The minimum atomic E-state index is 0.919. The first-order valence-electron chi connectivity index (χ1n) is 2.60. The summed E-state index contributed by atoms with van der Waals surface area (Å²) in [6, 6.07) is 8.82. The smallest absolute Gasteiger partial charge is 0.153 e. The largest absolute Gasteiger partial charge is 0.233 e. The Morgan fingerprint density at radius 3 is 3.44 bits per heavy atom. The molecule has 0 unspecified atom stereocenters. The molecule has 0 aliphatic carbocycles. The molecule has 2 aromatic rings. The molecular weight excluding hydrogens is 130 g/mol. The predicted octanol–water partition coefficient (Wildman–Crippen LogP) is 1.90. The zero-order valence-corrected chi connectivity index (χ0v) is 5.40. The van der Waals surface area contributed by atoms with E-state index < -0.39 is 0 Å². The van der Waals surface area contributed by atoms with E-state index in [2.05, 4.69) is 16.6 Å². The first-order chi connectivity index (χ1) is 4.47. The molecule has 1 nitrogen and oxygen atoms in total. The van der Waals surface area contributed by atoms with Crippen molar-refractivity contribution in [2.75, 3.05) is 0 Å². The van der Waals surface area contributed by atoms with Crippen LogP contribution in [0.25, 0.3) is 10.2 Å². The summed E-state index contributed by atoms with van der Waals surface area (Å²) in [7, 11) is 0. The Balaban J connectivity index is 2.95. The van der Waals surface area contributed by atoms with Crippen molar-refractivity contribution in [1.29, 1.82) is 0 Å². The topological polar surface area (TPSA) is 12.9 Å². The van der Waals surface area contributed by atoms with Crippen LogP contribution in [0.4, 0.5) is 0 Å². The van der Waals surface area contributed by atoms with Crippen molar-refractivity contribution in [3.05, 3.63) is 29.8 Å². The zero-order chi connectivity index (χ0) is 6.10. The normalized spacial score (nSPS) is 10.2. The average Bonchev–Trinajstić information content (AvgIpc) is 2.33. The van der Waals surface area contributed by atoms with E-state index in [9.17, 15) is 0 Å². The van der Waals surface area contributed by atoms with E-state index in [1.807, 2.05) is 18.2 Å². The van der Waals surface area contributed by atoms with Gasteiger partial charge in [0, 0.05) is 6.07 Å². The Bertz CT molecular complexity index is 283. The molecular formula is C7H3NS. The summed E-state index contributed by atoms with van der Waals surface area (Å²) in [5.74, 6) is 0. The van der Waals surface area contributed by atoms with Crippen LogP contribution in [0.2, 0.25) is 0 Å². The molecule has 0 amide bonds. The lowest BCUT2D eigenvalue weighted by Gasteiger charge is -1.79. The molecule has 0 spiro atoms. The molecule has 0 saturated heterocycles. The fraction of sp³-hybridized carbons (Fsp3) is 0. The minimum Gasteiger partial charge on any atom is -0.233 e. The Morgan fingerprint density at radius 2 is 2.56 bits per heavy atom. The summed E-state index contributed by atoms with van der Waals surface area (Å²) < 4.78 is 1.15. The quantitative estimate of drug-likeness (QED) is 0.534. The predicted molar refractivity (Wildman–Crippen MR) is 37.3 cm³/mol. The van der Waals surface area contributed by atoms with E-state index >= 15 is 0 Å². The second-order valence-electron chi connectivity index (χ2n) is 1.69. The van der Waals surface area contributed by atoms with Gasteiger partial charge in [-0.2, -0.15) is 0 Å². The van der Waals surface area contributed by atoms with Gasteiger partial charge in [-0.05, 0) is 6.07 Å². The van der Waals surface area contributed by atoms with Gasteiger partial charge >= 0.3 is 0 Å². The molecule has 0 N–H and O–H groups in total. The second kappa shape index (κ2) is 1.81. The lowest BCUT2D eigenvalue weighted by molar-refractivity contribution is 1.48. The summed E-state index contributed by atoms with van der Waals surface area (Å²) in [5.41, 5.74) is 3.72. The standard InChI is InChI=1S/C7H3NS/c1-2-4-7-6(3-1)8-5-9-7/h1-2,4H. The van der Waals surface area contributed by atoms with E-state index in [0.717, 1.165) is 10.2 Å². The highest BCUT2D eigenvalue weighted by molar-refractivity contribution is 7.16. The van der Waals surface area contributed by atoms with E-state index in [1.165, 1.54) is 11.3 Å². The molecule has 0 aliphatic heterocycles. The summed E-state index contributed by atoms with van der Waals surface area (Å²) >= 11 is 1.52. The molecule has 0 atom stereocenters. The Morgan fingerprint density at radius 1 is 1.56 bits per heavy atom. The van der Waals surface area contributed by atoms with Crippen molar-refractivity contribution < 1.29 is 0 Å². The Hall–Kier alpha value is -0.890. The number of para-hydroxylation sites is 1. The minimum absolute atomic E-state index is 0.919. The summed E-state index contributed by atoms with van der Waals surface area (Å²) in [4.78, 5) is 3.96. The molecule has 0 bridgehead atoms. The maximum atomic E-state index is 3.96. The van der Waals surface area contributed by atoms with Gasteiger partial charge in [0.15, 0.2) is 5.51 Å². The molecule has 2 radical (unpaired) electrons. The molecule has 2 heteroatoms. The molecule has 0 aliphatic rings. The van der Waals surface area contributed by atoms with Crippen molar-refractivity contribution >= 4 is 21.6 Å². The molecule has 0 saturated carbocycles. The Labute approximate surface area is 57.0 Å². The van der Waals surface area contributed by atoms with Crippen molar-refractivity contribution in [3.8, 4) is 0 Å². The Kier molecular flexibility index (Phi) is 0.993. The summed E-state index contributed by atoms with van der Waals surface area (Å²) in [6.07, 6.45) is 0. The van der Waals surface area contributed by atoms with Crippen LogP contribution in [-0.4, -0.2) is 4.98 Å². The number of thiazole rings is 1. The van der Waals surface area contributed by atoms with Crippen molar-refractivity contribution in [1.82, 2.24) is 4.98 Å². The first-order valence-corrected chi connectivity index (χ1v) is 3.42. The fourth-order valence-electron chi connectivity index (χ4n) is 0.700. The highest BCUT2D eigenvalue weighted by Gasteiger charge is 1.91. The maximum absolute atomic E-state index is 3.96. The van der Waals surface area contributed by atoms with Crippen LogP contribution in [-0.2, 0) is 0 Å². The average molecular weight is 133 g/mol. The van der Waals surface area contributed by atoms with E-state index in [0.29, 0.717) is 0 Å². The summed E-state index contributed by atoms with van der Waals surface area (Å²) in [5, 5.41) is 0. The third kappa shape index (κ3) is 0.715. The van der Waals surface area contributed by atoms with Crippen LogP contribution in [0.3, 0.4) is 0 Å². The highest BCUT2D eigenvalue weighted by atomic mass is 32.1. The van der Waals surface area contributed by atoms with Gasteiger partial charge in [-0.15, -0.1) is 11.3 Å². The van der Waals surface area contributed by atoms with Crippen LogP contribution in [0, 0.1) is 11.6 Å². The fourth-order valence-corrected chi connectivity index (χ4v) is 1.28. The van der Waals surface area contributed by atoms with E-state index in [-0.39, 0.29) is 0 Å². The highest BCUT2D eigenvalue weighted by Crippen LogP contribution is 2.14. The van der Waals surface area contributed by atoms with Crippen LogP contribution in [0.15, 0.2) is 18.2 Å². The first kappa shape index (κ1) is 4.94. The van der Waals surface area contributed by atoms with Crippen molar-refractivity contribution in [2.45, 2.75) is 0 Å². The maximum Gasteiger partial charge on any atom is 0.153 e. The van der Waals surface area contributed by atoms with Crippen LogP contribution < -0.4 is 0 Å². The van der Waals surface area contributed by atoms with E-state index in [1.54, 1.807) is 0 Å². The number of aromatic nitrogens is 1. The third-order valence-corrected chi connectivity index (χ3v) is 1.84. The van der Waals surface area contributed by atoms with E-state index in [4.69, 9.17) is 0 Å². The third-order valence-electron chi connectivity index (χ3n) is 1.11. The number of hydrogen-bond acceptors (Lipinski definition) is 2. The van der Waals surface area contributed by atoms with Crippen LogP contribution >= 0.6 is 11.3 Å². The van der Waals surface area contributed by atoms with Crippen molar-refractivity contribution in [2.24, 2.45) is 0 Å². The monoisotopic (exact) mass is 133 g/mol. The molecule has 42 valence electrons. The number of benzene rings is 1. The van der Waals surface area contributed by atoms with Gasteiger partial charge in [-0.1, -0.05) is 12.1 Å². The molecule has 2 rings (SSSR count). The van der Waals surface area contributed by atoms with Gasteiger partial charge in [0.05, 0.1) is 10.2 Å². The van der Waals surface area contributed by atoms with Gasteiger partial charge in [0.2, 0.25) is 0 Å². The van der Waals surface area contributed by atoms with Gasteiger partial charge in [0.1, 0.15) is 0 Å². The van der Waals surface area contributed by atoms with Gasteiger partial charge < -0.3 is 0 Å². The molecule has 9 heavy (non-hydrogen) atoms. The van der Waals surface area contributed by atoms with Crippen LogP contribution in [0.5, 0.6) is 0 Å². The SMILES string of the molecule is [c]1nc2[c]cccc2s1. The molecule has 1 aromatic carbocycles. The number of rotatable bonds is 0. The molecule has 0 fully saturated rings.